The van der Waals surface area contributed by atoms with Crippen LogP contribution in [-0.2, 0) is 0 Å². The number of nitrogens with two attached hydrogens (primary N) is 1. The van der Waals surface area contributed by atoms with Crippen LogP contribution in [0.25, 0.3) is 0 Å². The van der Waals surface area contributed by atoms with Gasteiger partial charge in [0.25, 0.3) is 0 Å². The molecule has 3 unspecified atom stereocenters. The van der Waals surface area contributed by atoms with E-state index in [2.05, 4.69) is 12.2 Å². The highest BCUT2D eigenvalue weighted by molar-refractivity contribution is 4.85. The number of unbranched alkanes of at least 4 members (excludes halogenated alkanes) is 3. The Kier molecular flexibility index (Phi) is 7.82. The van der Waals surface area contributed by atoms with Crippen molar-refractivity contribution in [3.05, 3.63) is 0 Å². The van der Waals surface area contributed by atoms with E-state index >= 15 is 0 Å². The highest BCUT2D eigenvalue weighted by Crippen LogP contribution is 2.25. The maximum atomic E-state index is 9.30. The fraction of sp³-hybridized carbons (Fsp3) is 1.00. The molecule has 102 valence electrons. The molecule has 0 aliphatic heterocycles. The second-order valence-electron chi connectivity index (χ2n) is 5.43. The molecule has 4 N–H and O–H groups in total. The normalized spacial score (nSPS) is 26.3. The van der Waals surface area contributed by atoms with Crippen molar-refractivity contribution in [2.24, 2.45) is 11.7 Å². The monoisotopic (exact) mass is 242 g/mol. The second kappa shape index (κ2) is 8.90. The zero-order chi connectivity index (χ0) is 12.5. The van der Waals surface area contributed by atoms with Crippen molar-refractivity contribution in [2.45, 2.75) is 70.4 Å². The molecule has 0 radical (unpaired) electrons. The van der Waals surface area contributed by atoms with Crippen LogP contribution < -0.4 is 11.1 Å². The Morgan fingerprint density at radius 2 is 2.12 bits per heavy atom. The molecule has 1 fully saturated rings. The van der Waals surface area contributed by atoms with Crippen molar-refractivity contribution in [3.8, 4) is 0 Å². The van der Waals surface area contributed by atoms with E-state index < -0.39 is 0 Å². The predicted molar refractivity (Wildman–Crippen MR) is 73.0 cm³/mol. The smallest absolute Gasteiger partial charge is 0.0474 e. The molecule has 0 saturated heterocycles. The summed E-state index contributed by atoms with van der Waals surface area (Å²) in [5, 5.41) is 13.0. The van der Waals surface area contributed by atoms with Crippen LogP contribution >= 0.6 is 0 Å². The van der Waals surface area contributed by atoms with Crippen LogP contribution in [0.15, 0.2) is 0 Å². The van der Waals surface area contributed by atoms with Crippen LogP contribution in [0.1, 0.15) is 58.3 Å². The fourth-order valence-electron chi connectivity index (χ4n) is 2.86. The summed E-state index contributed by atoms with van der Waals surface area (Å²) in [6.07, 6.45) is 10.0. The van der Waals surface area contributed by atoms with Crippen molar-refractivity contribution >= 4 is 0 Å². The van der Waals surface area contributed by atoms with Gasteiger partial charge in [-0.25, -0.2) is 0 Å². The minimum atomic E-state index is 0.324. The molecule has 0 bridgehead atoms. The van der Waals surface area contributed by atoms with E-state index in [4.69, 9.17) is 5.73 Å². The lowest BCUT2D eigenvalue weighted by Crippen LogP contribution is -2.45. The van der Waals surface area contributed by atoms with Gasteiger partial charge in [-0.05, 0) is 25.2 Å². The summed E-state index contributed by atoms with van der Waals surface area (Å²) in [6.45, 7) is 3.29. The van der Waals surface area contributed by atoms with Crippen molar-refractivity contribution in [3.63, 3.8) is 0 Å². The Morgan fingerprint density at radius 1 is 1.29 bits per heavy atom. The number of nitrogens with one attached hydrogen (secondary N) is 1. The van der Waals surface area contributed by atoms with E-state index in [1.807, 2.05) is 0 Å². The minimum absolute atomic E-state index is 0.324. The first kappa shape index (κ1) is 14.9. The van der Waals surface area contributed by atoms with Crippen LogP contribution in [0.3, 0.4) is 0 Å². The molecule has 0 spiro atoms. The van der Waals surface area contributed by atoms with Crippen LogP contribution in [0.4, 0.5) is 0 Å². The molecule has 3 heteroatoms. The summed E-state index contributed by atoms with van der Waals surface area (Å²) in [5.74, 6) is 0.458. The Labute approximate surface area is 106 Å². The first-order chi connectivity index (χ1) is 8.31. The number of hydrogen-bond donors (Lipinski definition) is 3. The van der Waals surface area contributed by atoms with Gasteiger partial charge < -0.3 is 16.2 Å². The van der Waals surface area contributed by atoms with Gasteiger partial charge in [-0.2, -0.15) is 0 Å². The molecule has 0 aromatic rings. The summed E-state index contributed by atoms with van der Waals surface area (Å²) in [4.78, 5) is 0. The molecule has 1 saturated carbocycles. The van der Waals surface area contributed by atoms with E-state index in [0.29, 0.717) is 24.6 Å². The summed E-state index contributed by atoms with van der Waals surface area (Å²) in [6, 6.07) is 0.948. The first-order valence-corrected chi connectivity index (χ1v) is 7.38. The number of hydrogen-bond acceptors (Lipinski definition) is 3. The molecule has 0 aromatic heterocycles. The Balaban J connectivity index is 2.21. The van der Waals surface area contributed by atoms with Crippen LogP contribution in [0.2, 0.25) is 0 Å². The zero-order valence-corrected chi connectivity index (χ0v) is 11.3. The number of aliphatic hydroxyl groups excluding tert-OH is 1. The highest BCUT2D eigenvalue weighted by atomic mass is 16.3. The van der Waals surface area contributed by atoms with E-state index in [1.165, 1.54) is 51.4 Å². The highest BCUT2D eigenvalue weighted by Gasteiger charge is 2.27. The van der Waals surface area contributed by atoms with E-state index in [1.54, 1.807) is 0 Å². The molecule has 1 aliphatic rings. The first-order valence-electron chi connectivity index (χ1n) is 7.38. The van der Waals surface area contributed by atoms with Gasteiger partial charge in [-0.1, -0.05) is 39.0 Å². The molecule has 17 heavy (non-hydrogen) atoms. The van der Waals surface area contributed by atoms with Crippen molar-refractivity contribution in [2.75, 3.05) is 13.2 Å². The molecule has 3 atom stereocenters. The van der Waals surface area contributed by atoms with Gasteiger partial charge in [0.05, 0.1) is 0 Å². The standard InChI is InChI=1S/C14H30N2O/c1-2-3-4-5-8-13(10-15)16-14-9-6-7-12(14)11-17/h12-14,16-17H,2-11,15H2,1H3. The molecule has 0 heterocycles. The van der Waals surface area contributed by atoms with E-state index in [-0.39, 0.29) is 0 Å². The van der Waals surface area contributed by atoms with Crippen molar-refractivity contribution in [1.82, 2.24) is 5.32 Å². The largest absolute Gasteiger partial charge is 0.396 e. The third-order valence-electron chi connectivity index (χ3n) is 4.03. The molecular formula is C14H30N2O. The molecule has 3 nitrogen and oxygen atoms in total. The lowest BCUT2D eigenvalue weighted by molar-refractivity contribution is 0.198. The van der Waals surface area contributed by atoms with Crippen LogP contribution in [0, 0.1) is 5.92 Å². The molecule has 0 amide bonds. The molecule has 0 aromatic carbocycles. The summed E-state index contributed by atoms with van der Waals surface area (Å²) < 4.78 is 0. The van der Waals surface area contributed by atoms with Crippen molar-refractivity contribution < 1.29 is 5.11 Å². The Hall–Kier alpha value is -0.120. The fourth-order valence-corrected chi connectivity index (χ4v) is 2.86. The van der Waals surface area contributed by atoms with Gasteiger partial charge in [0.2, 0.25) is 0 Å². The maximum Gasteiger partial charge on any atom is 0.0474 e. The Morgan fingerprint density at radius 3 is 2.76 bits per heavy atom. The lowest BCUT2D eigenvalue weighted by atomic mass is 10.0. The second-order valence-corrected chi connectivity index (χ2v) is 5.43. The third-order valence-corrected chi connectivity index (χ3v) is 4.03. The van der Waals surface area contributed by atoms with Crippen molar-refractivity contribution in [1.29, 1.82) is 0 Å². The number of aliphatic hydroxyl groups is 1. The molecule has 1 rings (SSSR count). The summed E-state index contributed by atoms with van der Waals surface area (Å²) >= 11 is 0. The van der Waals surface area contributed by atoms with Gasteiger partial charge in [0.1, 0.15) is 0 Å². The van der Waals surface area contributed by atoms with Gasteiger partial charge in [-0.3, -0.25) is 0 Å². The van der Waals surface area contributed by atoms with Gasteiger partial charge >= 0.3 is 0 Å². The summed E-state index contributed by atoms with van der Waals surface area (Å²) in [7, 11) is 0. The van der Waals surface area contributed by atoms with Gasteiger partial charge in [0.15, 0.2) is 0 Å². The zero-order valence-electron chi connectivity index (χ0n) is 11.3. The van der Waals surface area contributed by atoms with E-state index in [9.17, 15) is 5.11 Å². The predicted octanol–water partition coefficient (Wildman–Crippen LogP) is 2.03. The maximum absolute atomic E-state index is 9.30. The molecule has 1 aliphatic carbocycles. The Bertz CT molecular complexity index is 187. The van der Waals surface area contributed by atoms with Crippen LogP contribution in [0.5, 0.6) is 0 Å². The van der Waals surface area contributed by atoms with Gasteiger partial charge in [0, 0.05) is 25.2 Å². The summed E-state index contributed by atoms with van der Waals surface area (Å²) in [5.41, 5.74) is 5.83. The van der Waals surface area contributed by atoms with Crippen LogP contribution in [-0.4, -0.2) is 30.3 Å². The van der Waals surface area contributed by atoms with E-state index in [0.717, 1.165) is 6.54 Å². The topological polar surface area (TPSA) is 58.3 Å². The molecular weight excluding hydrogens is 212 g/mol. The van der Waals surface area contributed by atoms with Gasteiger partial charge in [-0.15, -0.1) is 0 Å². The SMILES string of the molecule is CCCCCCC(CN)NC1CCCC1CO. The lowest BCUT2D eigenvalue weighted by Gasteiger charge is -2.25. The minimum Gasteiger partial charge on any atom is -0.396 e. The quantitative estimate of drug-likeness (QED) is 0.542. The number of rotatable bonds is 9. The third kappa shape index (κ3) is 5.36. The average molecular weight is 242 g/mol. The average Bonchev–Trinajstić information content (AvgIpc) is 2.80.